The molecule has 0 atom stereocenters. The van der Waals surface area contributed by atoms with E-state index in [4.69, 9.17) is 25.8 Å². The van der Waals surface area contributed by atoms with Crippen LogP contribution in [0.15, 0.2) is 47.5 Å². The second-order valence-corrected chi connectivity index (χ2v) is 5.98. The lowest BCUT2D eigenvalue weighted by molar-refractivity contribution is -0.119. The molecule has 3 rings (SSSR count). The van der Waals surface area contributed by atoms with Gasteiger partial charge in [0.1, 0.15) is 10.8 Å². The van der Waals surface area contributed by atoms with Crippen LogP contribution in [0.25, 0.3) is 5.57 Å². The van der Waals surface area contributed by atoms with E-state index in [1.165, 1.54) is 14.2 Å². The lowest BCUT2D eigenvalue weighted by atomic mass is 10.1. The van der Waals surface area contributed by atoms with Gasteiger partial charge in [-0.3, -0.25) is 9.59 Å². The van der Waals surface area contributed by atoms with Gasteiger partial charge in [-0.15, -0.1) is 0 Å². The molecule has 0 fully saturated rings. The molecule has 1 aliphatic heterocycles. The quantitative estimate of drug-likeness (QED) is 0.708. The standard InChI is InChI=1S/C20H18ClNO5/c1-4-27-14-8-6-5-7-13(14)22-19(23)17(18(21)20(22)24)12-9-10-15(25-2)16(11-12)26-3/h5-11H,4H2,1-3H3. The van der Waals surface area contributed by atoms with Crippen LogP contribution in [0.2, 0.25) is 0 Å². The molecule has 0 aromatic heterocycles. The summed E-state index contributed by atoms with van der Waals surface area (Å²) in [6.45, 7) is 2.22. The number of hydrogen-bond acceptors (Lipinski definition) is 5. The fourth-order valence-corrected chi connectivity index (χ4v) is 3.16. The number of rotatable bonds is 6. The van der Waals surface area contributed by atoms with Gasteiger partial charge in [0.05, 0.1) is 32.1 Å². The summed E-state index contributed by atoms with van der Waals surface area (Å²) in [5.41, 5.74) is 0.921. The summed E-state index contributed by atoms with van der Waals surface area (Å²) in [6, 6.07) is 11.7. The minimum Gasteiger partial charge on any atom is -0.493 e. The van der Waals surface area contributed by atoms with Gasteiger partial charge in [-0.05, 0) is 36.8 Å². The number of halogens is 1. The number of para-hydroxylation sites is 2. The van der Waals surface area contributed by atoms with E-state index in [2.05, 4.69) is 0 Å². The maximum absolute atomic E-state index is 13.1. The van der Waals surface area contributed by atoms with Gasteiger partial charge >= 0.3 is 0 Å². The number of hydrogen-bond donors (Lipinski definition) is 0. The van der Waals surface area contributed by atoms with Crippen molar-refractivity contribution in [1.82, 2.24) is 0 Å². The number of anilines is 1. The molecule has 0 N–H and O–H groups in total. The molecule has 0 bridgehead atoms. The highest BCUT2D eigenvalue weighted by molar-refractivity contribution is 6.60. The lowest BCUT2D eigenvalue weighted by Gasteiger charge is -2.18. The van der Waals surface area contributed by atoms with E-state index in [0.717, 1.165) is 4.90 Å². The Kier molecular flexibility index (Phi) is 5.37. The molecule has 1 heterocycles. The third-order valence-electron chi connectivity index (χ3n) is 4.11. The molecule has 0 saturated heterocycles. The topological polar surface area (TPSA) is 65.1 Å². The van der Waals surface area contributed by atoms with Gasteiger partial charge in [0.25, 0.3) is 11.8 Å². The van der Waals surface area contributed by atoms with Crippen LogP contribution < -0.4 is 19.1 Å². The van der Waals surface area contributed by atoms with Crippen molar-refractivity contribution in [1.29, 1.82) is 0 Å². The summed E-state index contributed by atoms with van der Waals surface area (Å²) in [6.07, 6.45) is 0. The molecule has 27 heavy (non-hydrogen) atoms. The molecule has 0 spiro atoms. The molecule has 2 amide bonds. The van der Waals surface area contributed by atoms with Crippen LogP contribution in [0.5, 0.6) is 17.2 Å². The number of methoxy groups -OCH3 is 2. The molecule has 0 aliphatic carbocycles. The minimum atomic E-state index is -0.599. The Labute approximate surface area is 161 Å². The van der Waals surface area contributed by atoms with Gasteiger partial charge in [0, 0.05) is 0 Å². The summed E-state index contributed by atoms with van der Waals surface area (Å²) in [5, 5.41) is -0.154. The van der Waals surface area contributed by atoms with E-state index in [-0.39, 0.29) is 10.6 Å². The first-order chi connectivity index (χ1) is 13.0. The van der Waals surface area contributed by atoms with Crippen molar-refractivity contribution in [2.45, 2.75) is 6.92 Å². The molecule has 2 aromatic rings. The van der Waals surface area contributed by atoms with Crippen molar-refractivity contribution >= 4 is 34.7 Å². The predicted molar refractivity (Wildman–Crippen MR) is 102 cm³/mol. The second-order valence-electron chi connectivity index (χ2n) is 5.61. The molecule has 0 unspecified atom stereocenters. The van der Waals surface area contributed by atoms with Crippen molar-refractivity contribution in [3.8, 4) is 17.2 Å². The van der Waals surface area contributed by atoms with E-state index in [1.54, 1.807) is 42.5 Å². The average Bonchev–Trinajstić information content (AvgIpc) is 2.91. The summed E-state index contributed by atoms with van der Waals surface area (Å²) in [5.74, 6) is 0.247. The SMILES string of the molecule is CCOc1ccccc1N1C(=O)C(Cl)=C(c2ccc(OC)c(OC)c2)C1=O. The Hall–Kier alpha value is -2.99. The molecule has 7 heteroatoms. The summed E-state index contributed by atoms with van der Waals surface area (Å²) in [7, 11) is 3.00. The fourth-order valence-electron chi connectivity index (χ4n) is 2.88. The van der Waals surface area contributed by atoms with E-state index in [1.807, 2.05) is 6.92 Å². The first-order valence-corrected chi connectivity index (χ1v) is 8.64. The summed E-state index contributed by atoms with van der Waals surface area (Å²) in [4.78, 5) is 26.8. The van der Waals surface area contributed by atoms with E-state index >= 15 is 0 Å². The summed E-state index contributed by atoms with van der Waals surface area (Å²) < 4.78 is 16.0. The molecule has 0 saturated carbocycles. The predicted octanol–water partition coefficient (Wildman–Crippen LogP) is 3.63. The molecule has 2 aromatic carbocycles. The fraction of sp³-hybridized carbons (Fsp3) is 0.200. The van der Waals surface area contributed by atoms with Crippen LogP contribution in [0.3, 0.4) is 0 Å². The number of carbonyl (C=O) groups excluding carboxylic acids is 2. The van der Waals surface area contributed by atoms with Crippen LogP contribution in [-0.4, -0.2) is 32.6 Å². The largest absolute Gasteiger partial charge is 0.493 e. The first kappa shape index (κ1) is 18.8. The minimum absolute atomic E-state index is 0.105. The van der Waals surface area contributed by atoms with Crippen LogP contribution >= 0.6 is 11.6 Å². The van der Waals surface area contributed by atoms with Gasteiger partial charge in [0.15, 0.2) is 11.5 Å². The van der Waals surface area contributed by atoms with Crippen molar-refractivity contribution in [2.75, 3.05) is 25.7 Å². The smallest absolute Gasteiger partial charge is 0.277 e. The lowest BCUT2D eigenvalue weighted by Crippen LogP contribution is -2.31. The van der Waals surface area contributed by atoms with E-state index in [9.17, 15) is 9.59 Å². The van der Waals surface area contributed by atoms with Gasteiger partial charge in [-0.25, -0.2) is 4.90 Å². The molecule has 1 aliphatic rings. The Morgan fingerprint density at radius 2 is 1.63 bits per heavy atom. The summed E-state index contributed by atoms with van der Waals surface area (Å²) >= 11 is 6.26. The van der Waals surface area contributed by atoms with Crippen LogP contribution in [-0.2, 0) is 9.59 Å². The monoisotopic (exact) mass is 387 g/mol. The Morgan fingerprint density at radius 3 is 2.30 bits per heavy atom. The van der Waals surface area contributed by atoms with Crippen molar-refractivity contribution in [3.63, 3.8) is 0 Å². The van der Waals surface area contributed by atoms with Crippen LogP contribution in [0.1, 0.15) is 12.5 Å². The molecule has 140 valence electrons. The number of imide groups is 1. The third kappa shape index (κ3) is 3.24. The van der Waals surface area contributed by atoms with Gasteiger partial charge in [-0.1, -0.05) is 29.8 Å². The normalized spacial score (nSPS) is 14.0. The molecular weight excluding hydrogens is 370 g/mol. The van der Waals surface area contributed by atoms with Crippen molar-refractivity contribution < 1.29 is 23.8 Å². The van der Waals surface area contributed by atoms with E-state index < -0.39 is 11.8 Å². The van der Waals surface area contributed by atoms with Crippen molar-refractivity contribution in [2.24, 2.45) is 0 Å². The van der Waals surface area contributed by atoms with E-state index in [0.29, 0.717) is 35.1 Å². The zero-order valence-electron chi connectivity index (χ0n) is 15.1. The molecule has 6 nitrogen and oxygen atoms in total. The van der Waals surface area contributed by atoms with Gasteiger partial charge < -0.3 is 14.2 Å². The highest BCUT2D eigenvalue weighted by Gasteiger charge is 2.40. The first-order valence-electron chi connectivity index (χ1n) is 8.26. The maximum Gasteiger partial charge on any atom is 0.277 e. The average molecular weight is 388 g/mol. The Morgan fingerprint density at radius 1 is 0.926 bits per heavy atom. The Balaban J connectivity index is 2.06. The zero-order valence-corrected chi connectivity index (χ0v) is 15.9. The van der Waals surface area contributed by atoms with Crippen LogP contribution in [0, 0.1) is 0 Å². The van der Waals surface area contributed by atoms with Crippen LogP contribution in [0.4, 0.5) is 5.69 Å². The number of amides is 2. The highest BCUT2D eigenvalue weighted by atomic mass is 35.5. The number of ether oxygens (including phenoxy) is 3. The second kappa shape index (κ2) is 7.72. The third-order valence-corrected chi connectivity index (χ3v) is 4.46. The zero-order chi connectivity index (χ0) is 19.6. The van der Waals surface area contributed by atoms with Gasteiger partial charge in [0.2, 0.25) is 0 Å². The molecule has 0 radical (unpaired) electrons. The van der Waals surface area contributed by atoms with Crippen molar-refractivity contribution in [3.05, 3.63) is 53.1 Å². The number of benzene rings is 2. The Bertz CT molecular complexity index is 938. The highest BCUT2D eigenvalue weighted by Crippen LogP contribution is 2.40. The maximum atomic E-state index is 13.1. The number of carbonyl (C=O) groups is 2. The number of nitrogens with zero attached hydrogens (tertiary/aromatic N) is 1. The molecular formula is C20H18ClNO5. The van der Waals surface area contributed by atoms with Gasteiger partial charge in [-0.2, -0.15) is 0 Å².